The molecule has 4 heteroatoms. The van der Waals surface area contributed by atoms with Crippen LogP contribution in [0.15, 0.2) is 0 Å². The number of likely N-dealkylation sites (tertiary alicyclic amines) is 1. The number of hydrogen-bond donors (Lipinski definition) is 0. The first-order chi connectivity index (χ1) is 7.33. The van der Waals surface area contributed by atoms with E-state index in [1.807, 2.05) is 0 Å². The fraction of sp³-hybridized carbons (Fsp3) is 1.00. The van der Waals surface area contributed by atoms with E-state index in [0.717, 1.165) is 25.9 Å². The Kier molecular flexibility index (Phi) is 6.92. The van der Waals surface area contributed by atoms with Gasteiger partial charge in [-0.2, -0.15) is 0 Å². The summed E-state index contributed by atoms with van der Waals surface area (Å²) < 4.78 is 15.9. The van der Waals surface area contributed by atoms with Gasteiger partial charge >= 0.3 is 0 Å². The minimum atomic E-state index is 0.437. The van der Waals surface area contributed by atoms with Gasteiger partial charge in [0.2, 0.25) is 0 Å². The van der Waals surface area contributed by atoms with Crippen molar-refractivity contribution < 1.29 is 14.2 Å². The van der Waals surface area contributed by atoms with Crippen molar-refractivity contribution in [2.45, 2.75) is 18.9 Å². The molecule has 1 aliphatic rings. The Morgan fingerprint density at radius 2 is 1.73 bits per heavy atom. The van der Waals surface area contributed by atoms with Crippen LogP contribution in [0.4, 0.5) is 0 Å². The molecule has 15 heavy (non-hydrogen) atoms. The van der Waals surface area contributed by atoms with Crippen LogP contribution in [0.2, 0.25) is 0 Å². The first-order valence-corrected chi connectivity index (χ1v) is 5.69. The Labute approximate surface area is 92.5 Å². The third-order valence-corrected chi connectivity index (χ3v) is 2.68. The number of ether oxygens (including phenoxy) is 3. The van der Waals surface area contributed by atoms with E-state index in [0.29, 0.717) is 32.5 Å². The topological polar surface area (TPSA) is 30.9 Å². The summed E-state index contributed by atoms with van der Waals surface area (Å²) in [4.78, 5) is 2.34. The van der Waals surface area contributed by atoms with Gasteiger partial charge in [0, 0.05) is 20.2 Å². The Morgan fingerprint density at radius 3 is 2.40 bits per heavy atom. The summed E-state index contributed by atoms with van der Waals surface area (Å²) in [6.45, 7) is 5.00. The van der Waals surface area contributed by atoms with Gasteiger partial charge in [-0.25, -0.2) is 0 Å². The van der Waals surface area contributed by atoms with Gasteiger partial charge in [-0.3, -0.25) is 0 Å². The third-order valence-electron chi connectivity index (χ3n) is 2.68. The standard InChI is InChI=1S/C11H23NO3/c1-12-5-3-11(4-6-12)15-10-9-14-8-7-13-2/h11H,3-10H2,1-2H3. The van der Waals surface area contributed by atoms with Gasteiger partial charge in [0.1, 0.15) is 0 Å². The van der Waals surface area contributed by atoms with Gasteiger partial charge in [0.15, 0.2) is 0 Å². The highest BCUT2D eigenvalue weighted by Gasteiger charge is 2.16. The summed E-state index contributed by atoms with van der Waals surface area (Å²) in [5.74, 6) is 0. The van der Waals surface area contributed by atoms with Crippen molar-refractivity contribution >= 4 is 0 Å². The van der Waals surface area contributed by atoms with E-state index in [1.165, 1.54) is 0 Å². The lowest BCUT2D eigenvalue weighted by Crippen LogP contribution is -2.34. The summed E-state index contributed by atoms with van der Waals surface area (Å²) >= 11 is 0. The molecule has 0 N–H and O–H groups in total. The Balaban J connectivity index is 1.87. The number of hydrogen-bond acceptors (Lipinski definition) is 4. The summed E-state index contributed by atoms with van der Waals surface area (Å²) in [6.07, 6.45) is 2.73. The third kappa shape index (κ3) is 6.10. The molecular formula is C11H23NO3. The maximum absolute atomic E-state index is 5.72. The molecule has 0 bridgehead atoms. The summed E-state index contributed by atoms with van der Waals surface area (Å²) in [6, 6.07) is 0. The van der Waals surface area contributed by atoms with Gasteiger partial charge in [-0.1, -0.05) is 0 Å². The average Bonchev–Trinajstić information content (AvgIpc) is 2.26. The van der Waals surface area contributed by atoms with Crippen LogP contribution in [0.3, 0.4) is 0 Å². The Morgan fingerprint density at radius 1 is 1.07 bits per heavy atom. The Hall–Kier alpha value is -0.160. The van der Waals surface area contributed by atoms with E-state index in [4.69, 9.17) is 14.2 Å². The van der Waals surface area contributed by atoms with E-state index in [1.54, 1.807) is 7.11 Å². The molecule has 0 amide bonds. The predicted molar refractivity (Wildman–Crippen MR) is 59.2 cm³/mol. The SMILES string of the molecule is COCCOCCOC1CCN(C)CC1. The summed E-state index contributed by atoms with van der Waals surface area (Å²) in [5, 5.41) is 0. The van der Waals surface area contributed by atoms with E-state index < -0.39 is 0 Å². The second kappa shape index (κ2) is 8.05. The molecular weight excluding hydrogens is 194 g/mol. The van der Waals surface area contributed by atoms with Gasteiger partial charge in [-0.15, -0.1) is 0 Å². The van der Waals surface area contributed by atoms with Crippen molar-refractivity contribution in [2.75, 3.05) is 53.7 Å². The minimum absolute atomic E-state index is 0.437. The molecule has 1 fully saturated rings. The first kappa shape index (κ1) is 12.9. The fourth-order valence-corrected chi connectivity index (χ4v) is 1.67. The van der Waals surface area contributed by atoms with Crippen LogP contribution in [0.5, 0.6) is 0 Å². The lowest BCUT2D eigenvalue weighted by molar-refractivity contribution is -0.0259. The number of methoxy groups -OCH3 is 1. The predicted octanol–water partition coefficient (Wildman–Crippen LogP) is 0.760. The molecule has 1 heterocycles. The van der Waals surface area contributed by atoms with E-state index in [9.17, 15) is 0 Å². The molecule has 0 atom stereocenters. The van der Waals surface area contributed by atoms with Crippen molar-refractivity contribution in [1.29, 1.82) is 0 Å². The zero-order valence-electron chi connectivity index (χ0n) is 9.91. The second-order valence-electron chi connectivity index (χ2n) is 3.98. The quantitative estimate of drug-likeness (QED) is 0.589. The molecule has 1 aliphatic heterocycles. The zero-order valence-corrected chi connectivity index (χ0v) is 9.91. The molecule has 0 aliphatic carbocycles. The van der Waals surface area contributed by atoms with E-state index >= 15 is 0 Å². The summed E-state index contributed by atoms with van der Waals surface area (Å²) in [7, 11) is 3.84. The van der Waals surface area contributed by atoms with Crippen molar-refractivity contribution in [1.82, 2.24) is 4.90 Å². The number of nitrogens with zero attached hydrogens (tertiary/aromatic N) is 1. The van der Waals surface area contributed by atoms with Crippen molar-refractivity contribution in [3.8, 4) is 0 Å². The normalized spacial score (nSPS) is 19.6. The molecule has 90 valence electrons. The average molecular weight is 217 g/mol. The van der Waals surface area contributed by atoms with Crippen molar-refractivity contribution in [3.63, 3.8) is 0 Å². The van der Waals surface area contributed by atoms with Crippen LogP contribution < -0.4 is 0 Å². The van der Waals surface area contributed by atoms with Crippen LogP contribution >= 0.6 is 0 Å². The maximum Gasteiger partial charge on any atom is 0.0704 e. The van der Waals surface area contributed by atoms with Crippen molar-refractivity contribution in [2.24, 2.45) is 0 Å². The van der Waals surface area contributed by atoms with Gasteiger partial charge in [0.05, 0.1) is 32.5 Å². The van der Waals surface area contributed by atoms with E-state index in [-0.39, 0.29) is 0 Å². The summed E-state index contributed by atoms with van der Waals surface area (Å²) in [5.41, 5.74) is 0. The zero-order chi connectivity index (χ0) is 10.9. The van der Waals surface area contributed by atoms with Crippen LogP contribution in [-0.2, 0) is 14.2 Å². The monoisotopic (exact) mass is 217 g/mol. The fourth-order valence-electron chi connectivity index (χ4n) is 1.67. The van der Waals surface area contributed by atoms with E-state index in [2.05, 4.69) is 11.9 Å². The van der Waals surface area contributed by atoms with Crippen molar-refractivity contribution in [3.05, 3.63) is 0 Å². The maximum atomic E-state index is 5.72. The van der Waals surface area contributed by atoms with Gasteiger partial charge < -0.3 is 19.1 Å². The molecule has 0 aromatic heterocycles. The van der Waals surface area contributed by atoms with Crippen LogP contribution in [0.1, 0.15) is 12.8 Å². The molecule has 0 radical (unpaired) electrons. The first-order valence-electron chi connectivity index (χ1n) is 5.69. The molecule has 1 rings (SSSR count). The molecule has 0 unspecified atom stereocenters. The number of rotatable bonds is 7. The highest BCUT2D eigenvalue weighted by Crippen LogP contribution is 2.11. The second-order valence-corrected chi connectivity index (χ2v) is 3.98. The molecule has 1 saturated heterocycles. The van der Waals surface area contributed by atoms with Crippen LogP contribution in [0, 0.1) is 0 Å². The number of piperidine rings is 1. The molecule has 0 saturated carbocycles. The molecule has 0 aromatic carbocycles. The van der Waals surface area contributed by atoms with Crippen LogP contribution in [-0.4, -0.2) is 64.7 Å². The smallest absolute Gasteiger partial charge is 0.0704 e. The van der Waals surface area contributed by atoms with Crippen LogP contribution in [0.25, 0.3) is 0 Å². The highest BCUT2D eigenvalue weighted by atomic mass is 16.5. The highest BCUT2D eigenvalue weighted by molar-refractivity contribution is 4.69. The van der Waals surface area contributed by atoms with Gasteiger partial charge in [0.25, 0.3) is 0 Å². The lowest BCUT2D eigenvalue weighted by Gasteiger charge is -2.28. The Bertz CT molecular complexity index is 147. The van der Waals surface area contributed by atoms with Gasteiger partial charge in [-0.05, 0) is 19.9 Å². The largest absolute Gasteiger partial charge is 0.382 e. The minimum Gasteiger partial charge on any atom is -0.382 e. The molecule has 4 nitrogen and oxygen atoms in total. The molecule has 0 aromatic rings. The molecule has 0 spiro atoms. The lowest BCUT2D eigenvalue weighted by atomic mass is 10.1.